The van der Waals surface area contributed by atoms with E-state index >= 15 is 0 Å². The molecular formula is C15H17N3O3. The van der Waals surface area contributed by atoms with Crippen LogP contribution in [0.15, 0.2) is 35.1 Å². The summed E-state index contributed by atoms with van der Waals surface area (Å²) in [6, 6.07) is 9.15. The second kappa shape index (κ2) is 6.69. The van der Waals surface area contributed by atoms with Gasteiger partial charge in [0.25, 0.3) is 5.56 Å². The van der Waals surface area contributed by atoms with E-state index in [1.54, 1.807) is 0 Å². The van der Waals surface area contributed by atoms with Crippen LogP contribution in [-0.4, -0.2) is 16.1 Å². The minimum absolute atomic E-state index is 0.000194. The van der Waals surface area contributed by atoms with Crippen LogP contribution in [-0.2, 0) is 17.9 Å². The zero-order valence-corrected chi connectivity index (χ0v) is 11.3. The fourth-order valence-electron chi connectivity index (χ4n) is 1.61. The van der Waals surface area contributed by atoms with Crippen LogP contribution < -0.4 is 10.9 Å². The molecule has 2 N–H and O–H groups in total. The normalized spacial score (nSPS) is 12.3. The number of hydrogen-bond acceptors (Lipinski definition) is 4. The van der Waals surface area contributed by atoms with Crippen molar-refractivity contribution >= 4 is 6.09 Å². The number of alkyl carbamates (subject to hydrolysis) is 1. The van der Waals surface area contributed by atoms with Gasteiger partial charge in [-0.15, -0.1) is 0 Å². The number of aromatic nitrogens is 2. The lowest BCUT2D eigenvalue weighted by Gasteiger charge is -2.09. The van der Waals surface area contributed by atoms with Gasteiger partial charge in [-0.3, -0.25) is 9.78 Å². The molecule has 110 valence electrons. The highest BCUT2D eigenvalue weighted by molar-refractivity contribution is 5.67. The van der Waals surface area contributed by atoms with E-state index in [0.717, 1.165) is 5.56 Å². The Morgan fingerprint density at radius 3 is 2.90 bits per heavy atom. The zero-order valence-electron chi connectivity index (χ0n) is 14.3. The molecule has 0 radical (unpaired) electrons. The number of carbonyl (C=O) groups excluding carboxylic acids is 1. The summed E-state index contributed by atoms with van der Waals surface area (Å²) in [6.45, 7) is -1.81. The summed E-state index contributed by atoms with van der Waals surface area (Å²) in [4.78, 5) is 29.7. The van der Waals surface area contributed by atoms with E-state index in [1.165, 1.54) is 0 Å². The Balaban J connectivity index is 1.99. The van der Waals surface area contributed by atoms with Crippen molar-refractivity contribution in [2.24, 2.45) is 0 Å². The fraction of sp³-hybridized carbons (Fsp3) is 0.267. The first-order valence-electron chi connectivity index (χ1n) is 8.07. The van der Waals surface area contributed by atoms with Crippen LogP contribution in [0.25, 0.3) is 0 Å². The number of rotatable bonds is 4. The highest BCUT2D eigenvalue weighted by atomic mass is 16.5. The van der Waals surface area contributed by atoms with Gasteiger partial charge in [-0.05, 0) is 19.3 Å². The van der Waals surface area contributed by atoms with Gasteiger partial charge in [0.2, 0.25) is 0 Å². The highest BCUT2D eigenvalue weighted by Gasteiger charge is 2.07. The topological polar surface area (TPSA) is 84.1 Å². The Bertz CT molecular complexity index is 751. The maximum atomic E-state index is 11.7. The minimum atomic E-state index is -1.44. The quantitative estimate of drug-likeness (QED) is 0.899. The molecule has 0 aliphatic heterocycles. The number of H-pyrrole nitrogens is 1. The number of carbonyl (C=O) groups is 1. The van der Waals surface area contributed by atoms with Crippen molar-refractivity contribution in [3.63, 3.8) is 0 Å². The first-order chi connectivity index (χ1) is 11.5. The molecule has 0 aliphatic carbocycles. The van der Waals surface area contributed by atoms with E-state index in [2.05, 4.69) is 15.3 Å². The molecule has 1 aromatic heterocycles. The Morgan fingerprint density at radius 2 is 2.19 bits per heavy atom. The molecule has 0 bridgehead atoms. The lowest BCUT2D eigenvalue weighted by Crippen LogP contribution is -2.27. The van der Waals surface area contributed by atoms with Gasteiger partial charge in [-0.2, -0.15) is 0 Å². The Kier molecular flexibility index (Phi) is 3.53. The molecule has 2 aromatic rings. The average Bonchev–Trinajstić information content (AvgIpc) is 2.58. The first-order valence-corrected chi connectivity index (χ1v) is 6.21. The lowest BCUT2D eigenvalue weighted by atomic mass is 10.2. The number of amides is 1. The molecule has 0 atom stereocenters. The van der Waals surface area contributed by atoms with Gasteiger partial charge in [-0.25, -0.2) is 4.79 Å². The Labute approximate surface area is 126 Å². The third-order valence-electron chi connectivity index (χ3n) is 2.71. The summed E-state index contributed by atoms with van der Waals surface area (Å²) in [5, 5.41) is 2.44. The largest absolute Gasteiger partial charge is 0.445 e. The summed E-state index contributed by atoms with van der Waals surface area (Å²) in [7, 11) is 0. The molecule has 2 rings (SSSR count). The molecule has 21 heavy (non-hydrogen) atoms. The third kappa shape index (κ3) is 4.17. The summed E-state index contributed by atoms with van der Waals surface area (Å²) < 4.78 is 27.2. The molecule has 0 saturated carbocycles. The Morgan fingerprint density at radius 1 is 1.38 bits per heavy atom. The fourth-order valence-corrected chi connectivity index (χ4v) is 1.61. The van der Waals surface area contributed by atoms with Gasteiger partial charge in [-0.1, -0.05) is 30.3 Å². The van der Waals surface area contributed by atoms with Gasteiger partial charge in [0.05, 0.1) is 17.9 Å². The van der Waals surface area contributed by atoms with E-state index in [4.69, 9.17) is 8.85 Å². The Hall–Kier alpha value is -2.63. The van der Waals surface area contributed by atoms with E-state index < -0.39 is 18.5 Å². The molecule has 6 heteroatoms. The number of aryl methyl sites for hydroxylation is 2. The number of aromatic amines is 1. The van der Waals surface area contributed by atoms with Gasteiger partial charge >= 0.3 is 6.09 Å². The molecule has 0 fully saturated rings. The van der Waals surface area contributed by atoms with Crippen molar-refractivity contribution in [3.8, 4) is 0 Å². The van der Waals surface area contributed by atoms with Gasteiger partial charge in [0, 0.05) is 4.11 Å². The number of ether oxygens (including phenoxy) is 1. The molecule has 0 aliphatic rings. The lowest BCUT2D eigenvalue weighted by molar-refractivity contribution is 0.139. The van der Waals surface area contributed by atoms with Gasteiger partial charge in [0.1, 0.15) is 12.3 Å². The summed E-state index contributed by atoms with van der Waals surface area (Å²) in [5.74, 6) is 0. The average molecular weight is 290 g/mol. The molecule has 0 saturated heterocycles. The second-order valence-corrected chi connectivity index (χ2v) is 4.29. The first kappa shape index (κ1) is 11.1. The highest BCUT2D eigenvalue weighted by Crippen LogP contribution is 2.02. The second-order valence-electron chi connectivity index (χ2n) is 4.29. The maximum absolute atomic E-state index is 11.7. The van der Waals surface area contributed by atoms with E-state index in [-0.39, 0.29) is 37.1 Å². The van der Waals surface area contributed by atoms with E-state index in [1.807, 2.05) is 30.3 Å². The molecule has 1 aromatic carbocycles. The summed E-state index contributed by atoms with van der Waals surface area (Å²) >= 11 is 0. The molecule has 0 unspecified atom stereocenters. The van der Waals surface area contributed by atoms with Crippen molar-refractivity contribution in [1.29, 1.82) is 0 Å². The van der Waals surface area contributed by atoms with Crippen molar-refractivity contribution in [1.82, 2.24) is 15.3 Å². The number of nitrogens with zero attached hydrogens (tertiary/aromatic N) is 1. The maximum Gasteiger partial charge on any atom is 0.407 e. The molecular weight excluding hydrogens is 270 g/mol. The monoisotopic (exact) mass is 290 g/mol. The molecule has 0 spiro atoms. The smallest absolute Gasteiger partial charge is 0.407 e. The van der Waals surface area contributed by atoms with Crippen molar-refractivity contribution in [3.05, 3.63) is 63.3 Å². The van der Waals surface area contributed by atoms with Gasteiger partial charge in [0.15, 0.2) is 0 Å². The number of nitrogens with one attached hydrogen (secondary N) is 2. The van der Waals surface area contributed by atoms with E-state index in [9.17, 15) is 9.59 Å². The van der Waals surface area contributed by atoms with Crippen molar-refractivity contribution in [2.75, 3.05) is 0 Å². The van der Waals surface area contributed by atoms with Crippen LogP contribution in [0.5, 0.6) is 0 Å². The predicted molar refractivity (Wildman–Crippen MR) is 77.8 cm³/mol. The van der Waals surface area contributed by atoms with Crippen LogP contribution in [0.4, 0.5) is 4.79 Å². The summed E-state index contributed by atoms with van der Waals surface area (Å²) in [5.41, 5.74) is 0.360. The van der Waals surface area contributed by atoms with Crippen LogP contribution in [0.3, 0.4) is 0 Å². The SMILES string of the molecule is [2H]Cc1nc(C([2H])[2H])c(CNC(=O)OCc2ccccc2)[nH]c1=O. The standard InChI is InChI=1S/C15H17N3O3/c1-10-13(18-14(19)11(2)17-10)8-16-15(20)21-9-12-6-4-3-5-7-12/h3-7H,8-9H2,1-2H3,(H,16,20)(H,18,19)/i1D2,2D. The molecule has 1 heterocycles. The van der Waals surface area contributed by atoms with Gasteiger partial charge < -0.3 is 15.0 Å². The minimum Gasteiger partial charge on any atom is -0.445 e. The van der Waals surface area contributed by atoms with Crippen molar-refractivity contribution < 1.29 is 13.6 Å². The van der Waals surface area contributed by atoms with Crippen LogP contribution >= 0.6 is 0 Å². The van der Waals surface area contributed by atoms with Crippen LogP contribution in [0.1, 0.15) is 26.8 Å². The number of hydrogen-bond donors (Lipinski definition) is 2. The van der Waals surface area contributed by atoms with Crippen molar-refractivity contribution in [2.45, 2.75) is 26.9 Å². The predicted octanol–water partition coefficient (Wildman–Crippen LogP) is 1.81. The molecule has 1 amide bonds. The summed E-state index contributed by atoms with van der Waals surface area (Å²) in [6.07, 6.45) is -0.693. The van der Waals surface area contributed by atoms with Crippen LogP contribution in [0.2, 0.25) is 0 Å². The third-order valence-corrected chi connectivity index (χ3v) is 2.71. The zero-order chi connectivity index (χ0) is 17.5. The molecule has 6 nitrogen and oxygen atoms in total. The van der Waals surface area contributed by atoms with Crippen LogP contribution in [0, 0.1) is 13.8 Å². The van der Waals surface area contributed by atoms with E-state index in [0.29, 0.717) is 0 Å². The number of benzene rings is 1.